The van der Waals surface area contributed by atoms with Gasteiger partial charge in [0.05, 0.1) is 47.8 Å². The predicted molar refractivity (Wildman–Crippen MR) is 165 cm³/mol. The van der Waals surface area contributed by atoms with Crippen molar-refractivity contribution >= 4 is 34.6 Å². The van der Waals surface area contributed by atoms with Crippen LogP contribution >= 0.6 is 0 Å². The Balaban J connectivity index is 1.43. The summed E-state index contributed by atoms with van der Waals surface area (Å²) in [6.45, 7) is 1.72. The van der Waals surface area contributed by atoms with E-state index in [2.05, 4.69) is 5.32 Å². The number of aromatic carboxylic acids is 1. The molecule has 4 aromatic carbocycles. The highest BCUT2D eigenvalue weighted by atomic mass is 16.5. The molecule has 5 rings (SSSR count). The number of carboxylic acids is 1. The van der Waals surface area contributed by atoms with E-state index in [9.17, 15) is 14.4 Å². The Morgan fingerprint density at radius 3 is 1.75 bits per heavy atom. The third-order valence-electron chi connectivity index (χ3n) is 6.94. The molecule has 0 aliphatic rings. The highest BCUT2D eigenvalue weighted by Gasteiger charge is 2.23. The molecule has 1 unspecified atom stereocenters. The quantitative estimate of drug-likeness (QED) is 0.180. The number of nitrogens with one attached hydrogen (secondary N) is 1. The van der Waals surface area contributed by atoms with Gasteiger partial charge in [-0.25, -0.2) is 19.6 Å². The number of carbonyl (C=O) groups is 3. The van der Waals surface area contributed by atoms with Gasteiger partial charge >= 0.3 is 11.9 Å². The number of aromatic nitrogens is 2. The SMILES string of the molecule is CCC(OC(=O)c1ccc2nc(-c3ccc(OC)cc3)c(-c3ccc(OC)cc3)nc2c1)C(=O)Nc1ccc(C(=O)O)cc1. The molecule has 44 heavy (non-hydrogen) atoms. The summed E-state index contributed by atoms with van der Waals surface area (Å²) < 4.78 is 16.2. The van der Waals surface area contributed by atoms with Crippen LogP contribution < -0.4 is 14.8 Å². The predicted octanol–water partition coefficient (Wildman–Crippen LogP) is 6.25. The number of anilines is 1. The molecule has 0 aliphatic heterocycles. The maximum absolute atomic E-state index is 13.2. The lowest BCUT2D eigenvalue weighted by Gasteiger charge is -2.16. The fourth-order valence-corrected chi connectivity index (χ4v) is 4.52. The van der Waals surface area contributed by atoms with Crippen molar-refractivity contribution < 1.29 is 33.7 Å². The van der Waals surface area contributed by atoms with E-state index in [0.29, 0.717) is 39.6 Å². The van der Waals surface area contributed by atoms with Crippen LogP contribution in [0, 0.1) is 0 Å². The van der Waals surface area contributed by atoms with E-state index in [0.717, 1.165) is 11.1 Å². The van der Waals surface area contributed by atoms with E-state index in [1.807, 2.05) is 48.5 Å². The standard InChI is InChI=1S/C34H29N3O7/c1-4-29(32(38)35-24-12-5-22(6-13-24)33(39)40)44-34(41)23-11-18-27-28(19-23)37-31(21-9-16-26(43-3)17-10-21)30(36-27)20-7-14-25(42-2)15-8-20/h5-19,29H,4H2,1-3H3,(H,35,38)(H,39,40). The second-order valence-electron chi connectivity index (χ2n) is 9.76. The van der Waals surface area contributed by atoms with Crippen molar-refractivity contribution in [3.8, 4) is 34.0 Å². The molecule has 0 saturated heterocycles. The number of hydrogen-bond donors (Lipinski definition) is 2. The molecule has 1 amide bonds. The minimum absolute atomic E-state index is 0.0899. The molecule has 0 spiro atoms. The van der Waals surface area contributed by atoms with Gasteiger partial charge in [0.2, 0.25) is 0 Å². The molecule has 0 saturated carbocycles. The fourth-order valence-electron chi connectivity index (χ4n) is 4.52. The molecule has 10 nitrogen and oxygen atoms in total. The van der Waals surface area contributed by atoms with E-state index in [1.54, 1.807) is 39.3 Å². The molecule has 0 bridgehead atoms. The lowest BCUT2D eigenvalue weighted by atomic mass is 10.0. The Hall–Kier alpha value is -5.77. The summed E-state index contributed by atoms with van der Waals surface area (Å²) in [5.74, 6) is -0.883. The molecule has 10 heteroatoms. The van der Waals surface area contributed by atoms with E-state index >= 15 is 0 Å². The van der Waals surface area contributed by atoms with Crippen molar-refractivity contribution in [2.75, 3.05) is 19.5 Å². The van der Waals surface area contributed by atoms with Crippen LogP contribution in [0.25, 0.3) is 33.5 Å². The summed E-state index contributed by atoms with van der Waals surface area (Å²) in [6, 6.07) is 25.5. The minimum Gasteiger partial charge on any atom is -0.497 e. The average molecular weight is 592 g/mol. The zero-order chi connectivity index (χ0) is 31.2. The number of rotatable bonds is 10. The zero-order valence-corrected chi connectivity index (χ0v) is 24.2. The molecule has 222 valence electrons. The monoisotopic (exact) mass is 591 g/mol. The highest BCUT2D eigenvalue weighted by Crippen LogP contribution is 2.33. The molecular formula is C34H29N3O7. The van der Waals surface area contributed by atoms with Crippen molar-refractivity contribution in [3.05, 3.63) is 102 Å². The molecule has 2 N–H and O–H groups in total. The summed E-state index contributed by atoms with van der Waals surface area (Å²) in [7, 11) is 3.20. The van der Waals surface area contributed by atoms with E-state index in [1.165, 1.54) is 24.3 Å². The van der Waals surface area contributed by atoms with Gasteiger partial charge in [-0.05, 0) is 97.4 Å². The number of hydrogen-bond acceptors (Lipinski definition) is 8. The van der Waals surface area contributed by atoms with Gasteiger partial charge in [0, 0.05) is 16.8 Å². The van der Waals surface area contributed by atoms with Gasteiger partial charge < -0.3 is 24.6 Å². The lowest BCUT2D eigenvalue weighted by molar-refractivity contribution is -0.124. The van der Waals surface area contributed by atoms with Crippen molar-refractivity contribution in [2.24, 2.45) is 0 Å². The van der Waals surface area contributed by atoms with Gasteiger partial charge in [-0.2, -0.15) is 0 Å². The van der Waals surface area contributed by atoms with Gasteiger partial charge in [0.1, 0.15) is 11.5 Å². The van der Waals surface area contributed by atoms with Crippen LogP contribution in [0.4, 0.5) is 5.69 Å². The van der Waals surface area contributed by atoms with Crippen molar-refractivity contribution in [2.45, 2.75) is 19.4 Å². The topological polar surface area (TPSA) is 137 Å². The number of benzene rings is 4. The van der Waals surface area contributed by atoms with E-state index in [-0.39, 0.29) is 17.5 Å². The first-order valence-corrected chi connectivity index (χ1v) is 13.8. The lowest BCUT2D eigenvalue weighted by Crippen LogP contribution is -2.32. The van der Waals surface area contributed by atoms with E-state index in [4.69, 9.17) is 29.3 Å². The Bertz CT molecular complexity index is 1820. The van der Waals surface area contributed by atoms with Crippen LogP contribution in [0.15, 0.2) is 91.0 Å². The second kappa shape index (κ2) is 13.0. The zero-order valence-electron chi connectivity index (χ0n) is 24.2. The van der Waals surface area contributed by atoms with Crippen LogP contribution in [-0.2, 0) is 9.53 Å². The van der Waals surface area contributed by atoms with Crippen molar-refractivity contribution in [3.63, 3.8) is 0 Å². The normalized spacial score (nSPS) is 11.4. The molecule has 1 aromatic heterocycles. The number of amides is 1. The molecule has 0 aliphatic carbocycles. The number of nitrogens with zero attached hydrogens (tertiary/aromatic N) is 2. The number of carboxylic acid groups (broad SMARTS) is 1. The number of ether oxygens (including phenoxy) is 3. The van der Waals surface area contributed by atoms with Crippen molar-refractivity contribution in [1.82, 2.24) is 9.97 Å². The third kappa shape index (κ3) is 6.49. The third-order valence-corrected chi connectivity index (χ3v) is 6.94. The summed E-state index contributed by atoms with van der Waals surface area (Å²) in [6.07, 6.45) is -0.846. The van der Waals surface area contributed by atoms with Gasteiger partial charge in [-0.15, -0.1) is 0 Å². The fraction of sp³-hybridized carbons (Fsp3) is 0.147. The van der Waals surface area contributed by atoms with Gasteiger partial charge in [0.15, 0.2) is 6.10 Å². The molecule has 1 atom stereocenters. The first-order chi connectivity index (χ1) is 21.3. The van der Waals surface area contributed by atoms with Crippen LogP contribution in [-0.4, -0.2) is 53.2 Å². The Labute approximate surface area is 253 Å². The number of carbonyl (C=O) groups excluding carboxylic acids is 2. The Kier molecular flexibility index (Phi) is 8.80. The molecule has 5 aromatic rings. The number of fused-ring (bicyclic) bond motifs is 1. The minimum atomic E-state index is -1.07. The van der Waals surface area contributed by atoms with Crippen LogP contribution in [0.1, 0.15) is 34.1 Å². The van der Waals surface area contributed by atoms with Crippen LogP contribution in [0.3, 0.4) is 0 Å². The summed E-state index contributed by atoms with van der Waals surface area (Å²) in [5.41, 5.74) is 4.62. The van der Waals surface area contributed by atoms with Crippen LogP contribution in [0.2, 0.25) is 0 Å². The van der Waals surface area contributed by atoms with Crippen LogP contribution in [0.5, 0.6) is 11.5 Å². The molecule has 0 fully saturated rings. The molecular weight excluding hydrogens is 562 g/mol. The largest absolute Gasteiger partial charge is 0.497 e. The van der Waals surface area contributed by atoms with Gasteiger partial charge in [-0.3, -0.25) is 4.79 Å². The smallest absolute Gasteiger partial charge is 0.338 e. The first-order valence-electron chi connectivity index (χ1n) is 13.8. The van der Waals surface area contributed by atoms with Gasteiger partial charge in [-0.1, -0.05) is 6.92 Å². The van der Waals surface area contributed by atoms with Crippen molar-refractivity contribution in [1.29, 1.82) is 0 Å². The maximum Gasteiger partial charge on any atom is 0.338 e. The molecule has 1 heterocycles. The first kappa shape index (κ1) is 29.7. The van der Waals surface area contributed by atoms with E-state index < -0.39 is 23.9 Å². The van der Waals surface area contributed by atoms with Gasteiger partial charge in [0.25, 0.3) is 5.91 Å². The Morgan fingerprint density at radius 2 is 1.25 bits per heavy atom. The summed E-state index contributed by atoms with van der Waals surface area (Å²) in [5, 5.41) is 11.7. The number of esters is 1. The maximum atomic E-state index is 13.2. The number of methoxy groups -OCH3 is 2. The highest BCUT2D eigenvalue weighted by molar-refractivity contribution is 5.99. The summed E-state index contributed by atoms with van der Waals surface area (Å²) >= 11 is 0. The Morgan fingerprint density at radius 1 is 0.727 bits per heavy atom. The second-order valence-corrected chi connectivity index (χ2v) is 9.76. The average Bonchev–Trinajstić information content (AvgIpc) is 3.06. The molecule has 0 radical (unpaired) electrons. The summed E-state index contributed by atoms with van der Waals surface area (Å²) in [4.78, 5) is 46.9.